The molecule has 5 nitrogen and oxygen atoms in total. The van der Waals surface area contributed by atoms with Crippen molar-refractivity contribution in [1.29, 1.82) is 0 Å². The molecule has 1 amide bonds. The fourth-order valence-corrected chi connectivity index (χ4v) is 2.87. The summed E-state index contributed by atoms with van der Waals surface area (Å²) in [7, 11) is 0. The maximum Gasteiger partial charge on any atom is 0.411 e. The third-order valence-electron chi connectivity index (χ3n) is 3.89. The smallest absolute Gasteiger partial charge is 0.411 e. The Hall–Kier alpha value is -2.11. The number of carbonyl (C=O) groups excluding carboxylic acids is 1. The molecule has 1 aromatic rings. The summed E-state index contributed by atoms with van der Waals surface area (Å²) in [5.41, 5.74) is 0.495. The van der Waals surface area contributed by atoms with E-state index in [9.17, 15) is 19.1 Å². The van der Waals surface area contributed by atoms with Crippen LogP contribution in [0.15, 0.2) is 18.2 Å². The second-order valence-corrected chi connectivity index (χ2v) is 6.86. The zero-order valence-electron chi connectivity index (χ0n) is 13.8. The topological polar surface area (TPSA) is 66.8 Å². The number of aryl methyl sites for hydroxylation is 1. The van der Waals surface area contributed by atoms with Crippen molar-refractivity contribution in [3.63, 3.8) is 0 Å². The van der Waals surface area contributed by atoms with Gasteiger partial charge in [-0.2, -0.15) is 0 Å². The maximum absolute atomic E-state index is 13.4. The number of aliphatic carboxylic acids is 1. The number of carboxylic acids is 1. The molecular formula is C17H22FNO4. The van der Waals surface area contributed by atoms with E-state index >= 15 is 0 Å². The van der Waals surface area contributed by atoms with Gasteiger partial charge in [-0.25, -0.2) is 14.0 Å². The third-order valence-corrected chi connectivity index (χ3v) is 3.89. The van der Waals surface area contributed by atoms with Gasteiger partial charge in [-0.15, -0.1) is 0 Å². The number of carbonyl (C=O) groups is 2. The van der Waals surface area contributed by atoms with Crippen molar-refractivity contribution < 1.29 is 23.8 Å². The zero-order valence-corrected chi connectivity index (χ0v) is 13.8. The summed E-state index contributed by atoms with van der Waals surface area (Å²) < 4.78 is 18.7. The lowest BCUT2D eigenvalue weighted by Crippen LogP contribution is -2.45. The molecule has 1 saturated heterocycles. The van der Waals surface area contributed by atoms with Crippen LogP contribution >= 0.6 is 0 Å². The van der Waals surface area contributed by atoms with Crippen LogP contribution in [0.4, 0.5) is 9.18 Å². The molecule has 1 aromatic carbocycles. The quantitative estimate of drug-likeness (QED) is 0.907. The molecule has 0 aliphatic carbocycles. The number of hydrogen-bond donors (Lipinski definition) is 1. The van der Waals surface area contributed by atoms with Crippen molar-refractivity contribution in [2.75, 3.05) is 6.54 Å². The normalized spacial score (nSPS) is 21.3. The molecule has 126 valence electrons. The first-order valence-electron chi connectivity index (χ1n) is 7.58. The van der Waals surface area contributed by atoms with Crippen molar-refractivity contribution in [2.24, 2.45) is 0 Å². The lowest BCUT2D eigenvalue weighted by atomic mass is 9.90. The van der Waals surface area contributed by atoms with Crippen molar-refractivity contribution in [3.05, 3.63) is 35.1 Å². The number of amides is 1. The van der Waals surface area contributed by atoms with Crippen molar-refractivity contribution in [2.45, 2.75) is 51.7 Å². The van der Waals surface area contributed by atoms with Crippen LogP contribution in [-0.2, 0) is 9.53 Å². The average Bonchev–Trinajstić information content (AvgIpc) is 2.85. The first-order valence-corrected chi connectivity index (χ1v) is 7.58. The number of carboxylic acid groups (broad SMARTS) is 1. The molecule has 2 rings (SSSR count). The van der Waals surface area contributed by atoms with Gasteiger partial charge >= 0.3 is 12.1 Å². The van der Waals surface area contributed by atoms with Gasteiger partial charge in [0.25, 0.3) is 0 Å². The highest BCUT2D eigenvalue weighted by molar-refractivity contribution is 5.82. The van der Waals surface area contributed by atoms with E-state index in [0.29, 0.717) is 18.5 Å². The van der Waals surface area contributed by atoms with E-state index in [1.807, 2.05) is 0 Å². The molecule has 2 atom stereocenters. The Morgan fingerprint density at radius 1 is 1.35 bits per heavy atom. The van der Waals surface area contributed by atoms with E-state index in [1.165, 1.54) is 11.0 Å². The summed E-state index contributed by atoms with van der Waals surface area (Å²) in [4.78, 5) is 25.2. The number of likely N-dealkylation sites (tertiary alicyclic amines) is 1. The van der Waals surface area contributed by atoms with E-state index < -0.39 is 23.7 Å². The van der Waals surface area contributed by atoms with E-state index in [4.69, 9.17) is 4.74 Å². The Kier molecular flexibility index (Phi) is 4.63. The van der Waals surface area contributed by atoms with Gasteiger partial charge in [-0.05, 0) is 51.3 Å². The van der Waals surface area contributed by atoms with Gasteiger partial charge in [0.2, 0.25) is 0 Å². The number of nitrogens with zero attached hydrogens (tertiary/aromatic N) is 1. The number of halogens is 1. The third kappa shape index (κ3) is 3.81. The Labute approximate surface area is 135 Å². The predicted molar refractivity (Wildman–Crippen MR) is 82.9 cm³/mol. The summed E-state index contributed by atoms with van der Waals surface area (Å²) in [6, 6.07) is 3.56. The van der Waals surface area contributed by atoms with E-state index in [-0.39, 0.29) is 11.7 Å². The van der Waals surface area contributed by atoms with Gasteiger partial charge in [-0.1, -0.05) is 12.1 Å². The minimum Gasteiger partial charge on any atom is -0.480 e. The fraction of sp³-hybridized carbons (Fsp3) is 0.529. The number of ether oxygens (including phenoxy) is 1. The molecule has 1 N–H and O–H groups in total. The molecule has 1 heterocycles. The molecule has 0 saturated carbocycles. The molecule has 23 heavy (non-hydrogen) atoms. The summed E-state index contributed by atoms with van der Waals surface area (Å²) in [6.45, 7) is 7.13. The number of hydrogen-bond acceptors (Lipinski definition) is 3. The second kappa shape index (κ2) is 6.18. The van der Waals surface area contributed by atoms with Gasteiger partial charge in [-0.3, -0.25) is 4.90 Å². The molecular weight excluding hydrogens is 301 g/mol. The highest BCUT2D eigenvalue weighted by atomic mass is 19.1. The van der Waals surface area contributed by atoms with Crippen molar-refractivity contribution in [3.8, 4) is 0 Å². The Bertz CT molecular complexity index is 624. The van der Waals surface area contributed by atoms with Gasteiger partial charge in [0.05, 0.1) is 0 Å². The summed E-state index contributed by atoms with van der Waals surface area (Å²) in [6.07, 6.45) is -0.132. The van der Waals surface area contributed by atoms with Crippen LogP contribution in [0.3, 0.4) is 0 Å². The first-order chi connectivity index (χ1) is 10.6. The standard InChI is InChI=1S/C17H22FNO4/c1-10-9-11(5-6-13(10)18)12-7-8-19(14(12)15(20)21)16(22)23-17(2,3)4/h5-6,9,12,14H,7-8H2,1-4H3,(H,20,21). The predicted octanol–water partition coefficient (Wildman–Crippen LogP) is 3.31. The number of rotatable bonds is 2. The summed E-state index contributed by atoms with van der Waals surface area (Å²) in [5.74, 6) is -1.79. The molecule has 1 aliphatic rings. The van der Waals surface area contributed by atoms with Crippen LogP contribution in [0.2, 0.25) is 0 Å². The van der Waals surface area contributed by atoms with Gasteiger partial charge in [0.15, 0.2) is 0 Å². The molecule has 0 aromatic heterocycles. The fourth-order valence-electron chi connectivity index (χ4n) is 2.87. The van der Waals surface area contributed by atoms with Crippen molar-refractivity contribution >= 4 is 12.1 Å². The monoisotopic (exact) mass is 323 g/mol. The maximum atomic E-state index is 13.4. The summed E-state index contributed by atoms with van der Waals surface area (Å²) >= 11 is 0. The van der Waals surface area contributed by atoms with Crippen LogP contribution in [0.1, 0.15) is 44.2 Å². The molecule has 0 bridgehead atoms. The molecule has 6 heteroatoms. The second-order valence-electron chi connectivity index (χ2n) is 6.86. The SMILES string of the molecule is Cc1cc(C2CCN(C(=O)OC(C)(C)C)C2C(=O)O)ccc1F. The highest BCUT2D eigenvalue weighted by Crippen LogP contribution is 2.35. The summed E-state index contributed by atoms with van der Waals surface area (Å²) in [5, 5.41) is 9.56. The van der Waals surface area contributed by atoms with E-state index in [0.717, 1.165) is 5.56 Å². The van der Waals surface area contributed by atoms with E-state index in [2.05, 4.69) is 0 Å². The van der Waals surface area contributed by atoms with Crippen molar-refractivity contribution in [1.82, 2.24) is 4.90 Å². The zero-order chi connectivity index (χ0) is 17.4. The largest absolute Gasteiger partial charge is 0.480 e. The molecule has 1 aliphatic heterocycles. The minimum absolute atomic E-state index is 0.299. The Morgan fingerprint density at radius 3 is 2.52 bits per heavy atom. The molecule has 0 radical (unpaired) electrons. The molecule has 2 unspecified atom stereocenters. The lowest BCUT2D eigenvalue weighted by molar-refractivity contribution is -0.142. The minimum atomic E-state index is -1.08. The molecule has 0 spiro atoms. The van der Waals surface area contributed by atoms with Gasteiger partial charge < -0.3 is 9.84 Å². The van der Waals surface area contributed by atoms with Crippen LogP contribution in [0.25, 0.3) is 0 Å². The van der Waals surface area contributed by atoms with E-state index in [1.54, 1.807) is 39.8 Å². The number of benzene rings is 1. The average molecular weight is 323 g/mol. The van der Waals surface area contributed by atoms with Gasteiger partial charge in [0.1, 0.15) is 17.5 Å². The van der Waals surface area contributed by atoms with Crippen LogP contribution in [0, 0.1) is 12.7 Å². The highest BCUT2D eigenvalue weighted by Gasteiger charge is 2.44. The Morgan fingerprint density at radius 2 is 2.00 bits per heavy atom. The van der Waals surface area contributed by atoms with Crippen LogP contribution in [0.5, 0.6) is 0 Å². The molecule has 1 fully saturated rings. The van der Waals surface area contributed by atoms with Gasteiger partial charge in [0, 0.05) is 12.5 Å². The van der Waals surface area contributed by atoms with Crippen LogP contribution in [-0.4, -0.2) is 40.3 Å². The lowest BCUT2D eigenvalue weighted by Gasteiger charge is -2.28. The van der Waals surface area contributed by atoms with Crippen LogP contribution < -0.4 is 0 Å². The first kappa shape index (κ1) is 17.2. The Balaban J connectivity index is 2.27.